The first kappa shape index (κ1) is 17.2. The van der Waals surface area contributed by atoms with Crippen molar-refractivity contribution < 1.29 is 4.79 Å². The molecule has 1 atom stereocenters. The summed E-state index contributed by atoms with van der Waals surface area (Å²) >= 11 is 1.60. The van der Waals surface area contributed by atoms with Crippen molar-refractivity contribution in [3.8, 4) is 10.6 Å². The van der Waals surface area contributed by atoms with Crippen LogP contribution < -0.4 is 10.6 Å². The van der Waals surface area contributed by atoms with Crippen LogP contribution >= 0.6 is 11.3 Å². The van der Waals surface area contributed by atoms with Crippen LogP contribution in [-0.2, 0) is 6.42 Å². The number of carbonyl (C=O) groups is 1. The van der Waals surface area contributed by atoms with Crippen LogP contribution in [0, 0.1) is 0 Å². The molecule has 4 nitrogen and oxygen atoms in total. The van der Waals surface area contributed by atoms with Crippen molar-refractivity contribution >= 4 is 23.1 Å². The van der Waals surface area contributed by atoms with E-state index in [4.69, 9.17) is 0 Å². The molecule has 3 aromatic rings. The first-order chi connectivity index (χ1) is 12.2. The second kappa shape index (κ2) is 8.44. The van der Waals surface area contributed by atoms with Gasteiger partial charge in [0.25, 0.3) is 0 Å². The van der Waals surface area contributed by atoms with Crippen LogP contribution in [0.4, 0.5) is 10.5 Å². The topological polar surface area (TPSA) is 54.0 Å². The van der Waals surface area contributed by atoms with Gasteiger partial charge in [-0.3, -0.25) is 0 Å². The molecule has 0 fully saturated rings. The molecule has 0 aliphatic heterocycles. The van der Waals surface area contributed by atoms with Crippen molar-refractivity contribution in [1.29, 1.82) is 0 Å². The lowest BCUT2D eigenvalue weighted by atomic mass is 10.1. The number of benzene rings is 2. The number of amides is 2. The number of aromatic nitrogens is 1. The second-order valence-electron chi connectivity index (χ2n) is 5.94. The van der Waals surface area contributed by atoms with E-state index in [1.807, 2.05) is 54.8 Å². The van der Waals surface area contributed by atoms with Crippen LogP contribution in [0.2, 0.25) is 0 Å². The molecule has 1 heterocycles. The Morgan fingerprint density at radius 2 is 1.88 bits per heavy atom. The number of hydrogen-bond acceptors (Lipinski definition) is 3. The highest BCUT2D eigenvalue weighted by Gasteiger charge is 2.08. The van der Waals surface area contributed by atoms with Crippen molar-refractivity contribution in [2.45, 2.75) is 25.8 Å². The summed E-state index contributed by atoms with van der Waals surface area (Å²) in [5, 5.41) is 8.78. The standard InChI is InChI=1S/C20H21N3OS/c1-15(7-8-16-5-3-2-4-6-16)22-20(24)23-18-11-9-17(10-12-18)19-21-13-14-25-19/h2-6,9-15H,7-8H2,1H3,(H2,22,23,24). The Bertz CT molecular complexity index is 786. The molecule has 0 bridgehead atoms. The third-order valence-electron chi connectivity index (χ3n) is 3.91. The molecule has 5 heteroatoms. The number of aryl methyl sites for hydroxylation is 1. The molecule has 0 aliphatic carbocycles. The summed E-state index contributed by atoms with van der Waals surface area (Å²) in [7, 11) is 0. The molecular weight excluding hydrogens is 330 g/mol. The Morgan fingerprint density at radius 3 is 2.56 bits per heavy atom. The number of nitrogens with zero attached hydrogens (tertiary/aromatic N) is 1. The van der Waals surface area contributed by atoms with Crippen LogP contribution in [-0.4, -0.2) is 17.1 Å². The second-order valence-corrected chi connectivity index (χ2v) is 6.83. The van der Waals surface area contributed by atoms with E-state index in [2.05, 4.69) is 27.8 Å². The lowest BCUT2D eigenvalue weighted by Crippen LogP contribution is -2.36. The first-order valence-corrected chi connectivity index (χ1v) is 9.20. The quantitative estimate of drug-likeness (QED) is 0.660. The van der Waals surface area contributed by atoms with Crippen molar-refractivity contribution in [3.05, 3.63) is 71.7 Å². The molecule has 0 saturated carbocycles. The monoisotopic (exact) mass is 351 g/mol. The zero-order valence-corrected chi connectivity index (χ0v) is 14.9. The summed E-state index contributed by atoms with van der Waals surface area (Å²) in [6.07, 6.45) is 3.64. The fraction of sp³-hybridized carbons (Fsp3) is 0.200. The molecule has 2 amide bonds. The highest BCUT2D eigenvalue weighted by Crippen LogP contribution is 2.23. The fourth-order valence-corrected chi connectivity index (χ4v) is 3.20. The van der Waals surface area contributed by atoms with Crippen LogP contribution in [0.1, 0.15) is 18.9 Å². The fourth-order valence-electron chi connectivity index (χ4n) is 2.55. The van der Waals surface area contributed by atoms with E-state index in [0.717, 1.165) is 29.1 Å². The minimum Gasteiger partial charge on any atom is -0.335 e. The molecule has 0 spiro atoms. The Balaban J connectivity index is 1.47. The Labute approximate surface area is 151 Å². The Morgan fingerprint density at radius 1 is 1.12 bits per heavy atom. The largest absolute Gasteiger partial charge is 0.335 e. The molecule has 3 rings (SSSR count). The van der Waals surface area contributed by atoms with Crippen LogP contribution in [0.3, 0.4) is 0 Å². The zero-order chi connectivity index (χ0) is 17.5. The van der Waals surface area contributed by atoms with E-state index < -0.39 is 0 Å². The van der Waals surface area contributed by atoms with Gasteiger partial charge in [-0.1, -0.05) is 30.3 Å². The average molecular weight is 351 g/mol. The number of thiazole rings is 1. The van der Waals surface area contributed by atoms with Gasteiger partial charge in [0.15, 0.2) is 0 Å². The number of rotatable bonds is 6. The van der Waals surface area contributed by atoms with E-state index in [-0.39, 0.29) is 12.1 Å². The minimum absolute atomic E-state index is 0.106. The van der Waals surface area contributed by atoms with Crippen LogP contribution in [0.25, 0.3) is 10.6 Å². The molecule has 128 valence electrons. The summed E-state index contributed by atoms with van der Waals surface area (Å²) in [5.41, 5.74) is 3.11. The minimum atomic E-state index is -0.178. The maximum absolute atomic E-state index is 12.1. The number of nitrogens with one attached hydrogen (secondary N) is 2. The zero-order valence-electron chi connectivity index (χ0n) is 14.1. The van der Waals surface area contributed by atoms with Gasteiger partial charge in [-0.15, -0.1) is 11.3 Å². The van der Waals surface area contributed by atoms with E-state index >= 15 is 0 Å². The maximum Gasteiger partial charge on any atom is 0.319 e. The first-order valence-electron chi connectivity index (χ1n) is 8.32. The van der Waals surface area contributed by atoms with Gasteiger partial charge >= 0.3 is 6.03 Å². The summed E-state index contributed by atoms with van der Waals surface area (Å²) in [5.74, 6) is 0. The number of anilines is 1. The summed E-state index contributed by atoms with van der Waals surface area (Å²) < 4.78 is 0. The van der Waals surface area contributed by atoms with Crippen molar-refractivity contribution in [1.82, 2.24) is 10.3 Å². The highest BCUT2D eigenvalue weighted by atomic mass is 32.1. The molecule has 1 unspecified atom stereocenters. The SMILES string of the molecule is CC(CCc1ccccc1)NC(=O)Nc1ccc(-c2nccs2)cc1. The van der Waals surface area contributed by atoms with Crippen molar-refractivity contribution in [3.63, 3.8) is 0 Å². The molecule has 0 radical (unpaired) electrons. The van der Waals surface area contributed by atoms with E-state index in [9.17, 15) is 4.79 Å². The van der Waals surface area contributed by atoms with Crippen LogP contribution in [0.5, 0.6) is 0 Å². The van der Waals surface area contributed by atoms with E-state index in [1.165, 1.54) is 5.56 Å². The van der Waals surface area contributed by atoms with Gasteiger partial charge in [0.2, 0.25) is 0 Å². The van der Waals surface area contributed by atoms with Gasteiger partial charge in [-0.05, 0) is 49.6 Å². The third-order valence-corrected chi connectivity index (χ3v) is 4.73. The predicted molar refractivity (Wildman–Crippen MR) is 104 cm³/mol. The van der Waals surface area contributed by atoms with Crippen LogP contribution in [0.15, 0.2) is 66.2 Å². The summed E-state index contributed by atoms with van der Waals surface area (Å²) in [6, 6.07) is 17.9. The molecule has 2 N–H and O–H groups in total. The smallest absolute Gasteiger partial charge is 0.319 e. The van der Waals surface area contributed by atoms with Gasteiger partial charge < -0.3 is 10.6 Å². The van der Waals surface area contributed by atoms with Gasteiger partial charge in [0, 0.05) is 28.9 Å². The predicted octanol–water partition coefficient (Wildman–Crippen LogP) is 4.95. The Hall–Kier alpha value is -2.66. The maximum atomic E-state index is 12.1. The normalized spacial score (nSPS) is 11.7. The summed E-state index contributed by atoms with van der Waals surface area (Å²) in [4.78, 5) is 16.4. The van der Waals surface area contributed by atoms with Crippen molar-refractivity contribution in [2.24, 2.45) is 0 Å². The van der Waals surface area contributed by atoms with Gasteiger partial charge in [-0.25, -0.2) is 9.78 Å². The number of carbonyl (C=O) groups excluding carboxylic acids is 1. The highest BCUT2D eigenvalue weighted by molar-refractivity contribution is 7.13. The van der Waals surface area contributed by atoms with Gasteiger partial charge in [0.05, 0.1) is 0 Å². The Kier molecular flexibility index (Phi) is 5.80. The molecule has 0 saturated heterocycles. The molecular formula is C20H21N3OS. The summed E-state index contributed by atoms with van der Waals surface area (Å²) in [6.45, 7) is 2.02. The third kappa shape index (κ3) is 5.16. The molecule has 1 aromatic heterocycles. The van der Waals surface area contributed by atoms with E-state index in [1.54, 1.807) is 17.5 Å². The molecule has 0 aliphatic rings. The van der Waals surface area contributed by atoms with Crippen molar-refractivity contribution in [2.75, 3.05) is 5.32 Å². The average Bonchev–Trinajstić information content (AvgIpc) is 3.16. The van der Waals surface area contributed by atoms with Gasteiger partial charge in [0.1, 0.15) is 5.01 Å². The molecule has 2 aromatic carbocycles. The number of urea groups is 1. The number of hydrogen-bond donors (Lipinski definition) is 2. The van der Waals surface area contributed by atoms with E-state index in [0.29, 0.717) is 0 Å². The molecule has 25 heavy (non-hydrogen) atoms. The van der Waals surface area contributed by atoms with Gasteiger partial charge in [-0.2, -0.15) is 0 Å². The lowest BCUT2D eigenvalue weighted by molar-refractivity contribution is 0.248. The lowest BCUT2D eigenvalue weighted by Gasteiger charge is -2.15.